The first kappa shape index (κ1) is 20.1. The number of para-hydroxylation sites is 2. The van der Waals surface area contributed by atoms with Crippen molar-refractivity contribution < 1.29 is 4.79 Å². The summed E-state index contributed by atoms with van der Waals surface area (Å²) in [6, 6.07) is 7.96. The number of imidazole rings is 1. The van der Waals surface area contributed by atoms with E-state index in [1.54, 1.807) is 0 Å². The maximum Gasteiger partial charge on any atom is 0.231 e. The van der Waals surface area contributed by atoms with Gasteiger partial charge in [-0.25, -0.2) is 4.98 Å². The fourth-order valence-corrected chi connectivity index (χ4v) is 3.63. The van der Waals surface area contributed by atoms with E-state index in [2.05, 4.69) is 54.6 Å². The standard InChI is InChI=1S/C22H31N5O/c1-14(2)13-26-16(4)17(15(3)25-26)12-20(28)24-21-23-18-10-8-9-11-19(18)27(21)22(5,6)7/h8-11,14H,12-13H2,1-7H3,(H,23,24,28). The molecule has 1 N–H and O–H groups in total. The number of aryl methyl sites for hydroxylation is 1. The molecule has 0 bridgehead atoms. The predicted octanol–water partition coefficient (Wildman–Crippen LogP) is 4.44. The van der Waals surface area contributed by atoms with Crippen molar-refractivity contribution in [3.05, 3.63) is 41.2 Å². The number of carbonyl (C=O) groups is 1. The molecule has 3 aromatic rings. The summed E-state index contributed by atoms with van der Waals surface area (Å²) in [6.45, 7) is 15.5. The van der Waals surface area contributed by atoms with E-state index in [0.717, 1.165) is 34.5 Å². The van der Waals surface area contributed by atoms with Gasteiger partial charge in [0.05, 0.1) is 23.1 Å². The molecule has 0 unspecified atom stereocenters. The summed E-state index contributed by atoms with van der Waals surface area (Å²) in [5.41, 5.74) is 4.67. The Balaban J connectivity index is 1.88. The van der Waals surface area contributed by atoms with Crippen LogP contribution in [-0.2, 0) is 23.3 Å². The lowest BCUT2D eigenvalue weighted by Crippen LogP contribution is -2.26. The number of amides is 1. The van der Waals surface area contributed by atoms with Crippen molar-refractivity contribution in [3.8, 4) is 0 Å². The Kier molecular flexibility index (Phi) is 5.33. The van der Waals surface area contributed by atoms with Crippen molar-refractivity contribution in [1.82, 2.24) is 19.3 Å². The van der Waals surface area contributed by atoms with Gasteiger partial charge in [-0.2, -0.15) is 5.10 Å². The second-order valence-corrected chi connectivity index (χ2v) is 8.88. The van der Waals surface area contributed by atoms with Crippen molar-refractivity contribution in [2.75, 3.05) is 5.32 Å². The molecule has 0 atom stereocenters. The highest BCUT2D eigenvalue weighted by Gasteiger charge is 2.23. The maximum absolute atomic E-state index is 12.9. The van der Waals surface area contributed by atoms with E-state index in [1.807, 2.05) is 42.8 Å². The number of hydrogen-bond acceptors (Lipinski definition) is 3. The molecule has 2 aromatic heterocycles. The number of rotatable bonds is 5. The average molecular weight is 382 g/mol. The first-order valence-corrected chi connectivity index (χ1v) is 9.88. The van der Waals surface area contributed by atoms with E-state index >= 15 is 0 Å². The highest BCUT2D eigenvalue weighted by atomic mass is 16.1. The summed E-state index contributed by atoms with van der Waals surface area (Å²) in [6.07, 6.45) is 0.295. The second kappa shape index (κ2) is 7.41. The smallest absolute Gasteiger partial charge is 0.231 e. The SMILES string of the molecule is Cc1nn(CC(C)C)c(C)c1CC(=O)Nc1nc2ccccc2n1C(C)(C)C. The third kappa shape index (κ3) is 3.96. The van der Waals surface area contributed by atoms with Crippen LogP contribution in [-0.4, -0.2) is 25.2 Å². The topological polar surface area (TPSA) is 64.7 Å². The number of hydrogen-bond donors (Lipinski definition) is 1. The van der Waals surface area contributed by atoms with Crippen LogP contribution in [0.2, 0.25) is 0 Å². The summed E-state index contributed by atoms with van der Waals surface area (Å²) in [4.78, 5) is 17.5. The molecule has 0 saturated heterocycles. The molecule has 0 aliphatic heterocycles. The van der Waals surface area contributed by atoms with Gasteiger partial charge in [0.1, 0.15) is 0 Å². The van der Waals surface area contributed by atoms with Crippen LogP contribution in [0.4, 0.5) is 5.95 Å². The van der Waals surface area contributed by atoms with Crippen molar-refractivity contribution in [2.45, 2.75) is 67.0 Å². The monoisotopic (exact) mass is 381 g/mol. The minimum absolute atomic E-state index is 0.0731. The Morgan fingerprint density at radius 2 is 1.86 bits per heavy atom. The molecule has 6 nitrogen and oxygen atoms in total. The molecule has 1 amide bonds. The number of carbonyl (C=O) groups excluding carboxylic acids is 1. The number of anilines is 1. The van der Waals surface area contributed by atoms with E-state index in [4.69, 9.17) is 0 Å². The van der Waals surface area contributed by atoms with Gasteiger partial charge < -0.3 is 4.57 Å². The second-order valence-electron chi connectivity index (χ2n) is 8.88. The van der Waals surface area contributed by atoms with Crippen molar-refractivity contribution in [3.63, 3.8) is 0 Å². The van der Waals surface area contributed by atoms with Crippen LogP contribution in [0.1, 0.15) is 51.6 Å². The molecule has 0 radical (unpaired) electrons. The third-order valence-electron chi connectivity index (χ3n) is 4.89. The van der Waals surface area contributed by atoms with Crippen LogP contribution in [0.15, 0.2) is 24.3 Å². The molecule has 3 rings (SSSR count). The highest BCUT2D eigenvalue weighted by molar-refractivity contribution is 5.93. The molecule has 0 spiro atoms. The van der Waals surface area contributed by atoms with Gasteiger partial charge in [-0.15, -0.1) is 0 Å². The van der Waals surface area contributed by atoms with Gasteiger partial charge in [0.25, 0.3) is 0 Å². The van der Waals surface area contributed by atoms with Gasteiger partial charge in [0.2, 0.25) is 11.9 Å². The molecule has 0 saturated carbocycles. The van der Waals surface area contributed by atoms with E-state index in [1.165, 1.54) is 0 Å². The van der Waals surface area contributed by atoms with Gasteiger partial charge >= 0.3 is 0 Å². The zero-order valence-electron chi connectivity index (χ0n) is 18.0. The molecule has 6 heteroatoms. The normalized spacial score (nSPS) is 12.1. The zero-order valence-corrected chi connectivity index (χ0v) is 18.0. The van der Waals surface area contributed by atoms with Crippen molar-refractivity contribution in [2.24, 2.45) is 5.92 Å². The number of nitrogens with zero attached hydrogens (tertiary/aromatic N) is 4. The Labute approximate surface area is 167 Å². The Bertz CT molecular complexity index is 1000. The van der Waals surface area contributed by atoms with Crippen LogP contribution in [0.5, 0.6) is 0 Å². The quantitative estimate of drug-likeness (QED) is 0.710. The van der Waals surface area contributed by atoms with Gasteiger partial charge in [-0.05, 0) is 52.7 Å². The van der Waals surface area contributed by atoms with Gasteiger partial charge in [-0.1, -0.05) is 26.0 Å². The van der Waals surface area contributed by atoms with Crippen LogP contribution in [0.3, 0.4) is 0 Å². The molecule has 0 fully saturated rings. The number of fused-ring (bicyclic) bond motifs is 1. The van der Waals surface area contributed by atoms with Crippen LogP contribution in [0, 0.1) is 19.8 Å². The van der Waals surface area contributed by atoms with Crippen LogP contribution < -0.4 is 5.32 Å². The zero-order chi connectivity index (χ0) is 20.6. The lowest BCUT2D eigenvalue weighted by Gasteiger charge is -2.24. The largest absolute Gasteiger partial charge is 0.305 e. The lowest BCUT2D eigenvalue weighted by molar-refractivity contribution is -0.115. The maximum atomic E-state index is 12.9. The van der Waals surface area contributed by atoms with Gasteiger partial charge in [0, 0.05) is 23.3 Å². The fourth-order valence-electron chi connectivity index (χ4n) is 3.63. The first-order chi connectivity index (χ1) is 13.1. The Hall–Kier alpha value is -2.63. The molecule has 2 heterocycles. The Morgan fingerprint density at radius 3 is 2.50 bits per heavy atom. The molecule has 28 heavy (non-hydrogen) atoms. The van der Waals surface area contributed by atoms with Crippen molar-refractivity contribution in [1.29, 1.82) is 0 Å². The Morgan fingerprint density at radius 1 is 1.18 bits per heavy atom. The minimum Gasteiger partial charge on any atom is -0.305 e. The average Bonchev–Trinajstić information content (AvgIpc) is 3.06. The summed E-state index contributed by atoms with van der Waals surface area (Å²) in [5, 5.41) is 7.65. The predicted molar refractivity (Wildman–Crippen MR) is 114 cm³/mol. The molecule has 150 valence electrons. The summed E-state index contributed by atoms with van der Waals surface area (Å²) >= 11 is 0. The molecular formula is C22H31N5O. The van der Waals surface area contributed by atoms with E-state index < -0.39 is 0 Å². The summed E-state index contributed by atoms with van der Waals surface area (Å²) < 4.78 is 4.09. The van der Waals surface area contributed by atoms with Crippen molar-refractivity contribution >= 4 is 22.9 Å². The van der Waals surface area contributed by atoms with Crippen LogP contribution in [0.25, 0.3) is 11.0 Å². The minimum atomic E-state index is -0.202. The van der Waals surface area contributed by atoms with Crippen LogP contribution >= 0.6 is 0 Å². The van der Waals surface area contributed by atoms with E-state index in [0.29, 0.717) is 18.3 Å². The molecular weight excluding hydrogens is 350 g/mol. The van der Waals surface area contributed by atoms with Gasteiger partial charge in [0.15, 0.2) is 0 Å². The van der Waals surface area contributed by atoms with E-state index in [-0.39, 0.29) is 11.4 Å². The number of benzene rings is 1. The number of aromatic nitrogens is 4. The first-order valence-electron chi connectivity index (χ1n) is 9.88. The molecule has 1 aromatic carbocycles. The number of nitrogens with one attached hydrogen (secondary N) is 1. The van der Waals surface area contributed by atoms with Gasteiger partial charge in [-0.3, -0.25) is 14.8 Å². The fraction of sp³-hybridized carbons (Fsp3) is 0.500. The third-order valence-corrected chi connectivity index (χ3v) is 4.89. The van der Waals surface area contributed by atoms with E-state index in [9.17, 15) is 4.79 Å². The summed E-state index contributed by atoms with van der Waals surface area (Å²) in [7, 11) is 0. The molecule has 0 aliphatic carbocycles. The summed E-state index contributed by atoms with van der Waals surface area (Å²) in [5.74, 6) is 1.02. The highest BCUT2D eigenvalue weighted by Crippen LogP contribution is 2.28. The lowest BCUT2D eigenvalue weighted by atomic mass is 10.1. The molecule has 0 aliphatic rings.